The highest BCUT2D eigenvalue weighted by Crippen LogP contribution is 2.31. The number of rotatable bonds is 18. The average Bonchev–Trinajstić information content (AvgIpc) is 3.72. The number of nitrogens with one attached hydrogen (secondary N) is 2. The highest BCUT2D eigenvalue weighted by atomic mass is 32.2. The molecule has 15 nitrogen and oxygen atoms in total. The first-order chi connectivity index (χ1) is 26.5. The van der Waals surface area contributed by atoms with Gasteiger partial charge in [-0.15, -0.1) is 11.3 Å². The molecule has 0 saturated carbocycles. The van der Waals surface area contributed by atoms with Gasteiger partial charge in [0, 0.05) is 44.0 Å². The van der Waals surface area contributed by atoms with E-state index >= 15 is 0 Å². The van der Waals surface area contributed by atoms with Crippen LogP contribution in [-0.4, -0.2) is 107 Å². The van der Waals surface area contributed by atoms with Gasteiger partial charge < -0.3 is 25.3 Å². The van der Waals surface area contributed by atoms with Crippen LogP contribution < -0.4 is 10.0 Å². The van der Waals surface area contributed by atoms with Gasteiger partial charge in [-0.3, -0.25) is 14.5 Å². The van der Waals surface area contributed by atoms with E-state index in [0.29, 0.717) is 19.6 Å². The second-order valence-corrected chi connectivity index (χ2v) is 19.2. The van der Waals surface area contributed by atoms with Gasteiger partial charge in [-0.1, -0.05) is 58.0 Å². The average molecular weight is 828 g/mol. The van der Waals surface area contributed by atoms with Crippen molar-refractivity contribution in [3.05, 3.63) is 94.7 Å². The number of anilines is 1. The molecule has 18 heteroatoms. The van der Waals surface area contributed by atoms with E-state index in [2.05, 4.69) is 20.0 Å². The topological polar surface area (TPSA) is 202 Å². The number of urea groups is 1. The van der Waals surface area contributed by atoms with Crippen molar-refractivity contribution >= 4 is 49.0 Å². The summed E-state index contributed by atoms with van der Waals surface area (Å²) in [5.41, 5.74) is 1.18. The lowest BCUT2D eigenvalue weighted by Gasteiger charge is -2.34. The number of pyridine rings is 1. The number of nitrogens with zero attached hydrogens (tertiary/aromatic N) is 5. The maximum atomic E-state index is 14.3. The van der Waals surface area contributed by atoms with Gasteiger partial charge in [-0.05, 0) is 61.1 Å². The Kier molecular flexibility index (Phi) is 13.7. The predicted molar refractivity (Wildman–Crippen MR) is 213 cm³/mol. The zero-order valence-corrected chi connectivity index (χ0v) is 34.4. The molecule has 4 N–H and O–H groups in total. The Hall–Kier alpha value is -4.62. The number of benzene rings is 2. The number of phenolic OH excluding ortho intramolecular Hbond substituents is 1. The Bertz CT molecular complexity index is 2190. The molecule has 0 spiro atoms. The minimum Gasteiger partial charge on any atom is -0.506 e. The third-order valence-corrected chi connectivity index (χ3v) is 13.2. The molecule has 0 bridgehead atoms. The molecule has 3 heterocycles. The largest absolute Gasteiger partial charge is 0.506 e. The quantitative estimate of drug-likeness (QED) is 0.106. The third-order valence-electron chi connectivity index (χ3n) is 9.23. The van der Waals surface area contributed by atoms with Crippen molar-refractivity contribution < 1.29 is 36.6 Å². The monoisotopic (exact) mass is 827 g/mol. The number of phenols is 1. The van der Waals surface area contributed by atoms with Crippen LogP contribution in [0.25, 0.3) is 0 Å². The Morgan fingerprint density at radius 3 is 2.34 bits per heavy atom. The molecule has 4 aromatic rings. The van der Waals surface area contributed by atoms with Crippen LogP contribution in [0, 0.1) is 18.8 Å². The van der Waals surface area contributed by atoms with Crippen LogP contribution in [0.3, 0.4) is 0 Å². The highest BCUT2D eigenvalue weighted by molar-refractivity contribution is 7.92. The lowest BCUT2D eigenvalue weighted by Crippen LogP contribution is -2.57. The summed E-state index contributed by atoms with van der Waals surface area (Å²) in [4.78, 5) is 38.8. The number of hydrogen-bond donors (Lipinski definition) is 4. The molecule has 56 heavy (non-hydrogen) atoms. The number of carbonyl (C=O) groups excluding carboxylic acids is 2. The normalized spacial score (nSPS) is 15.4. The number of aromatic hydroxyl groups is 1. The summed E-state index contributed by atoms with van der Waals surface area (Å²) in [7, 11) is -8.67. The molecule has 2 aromatic carbocycles. The molecule has 5 rings (SSSR count). The van der Waals surface area contributed by atoms with Crippen LogP contribution in [0.15, 0.2) is 88.2 Å². The summed E-state index contributed by atoms with van der Waals surface area (Å²) in [5, 5.41) is 28.2. The smallest absolute Gasteiger partial charge is 0.321 e. The number of aliphatic hydroxyl groups is 1. The zero-order valence-electron chi connectivity index (χ0n) is 31.9. The Balaban J connectivity index is 1.39. The van der Waals surface area contributed by atoms with E-state index in [9.17, 15) is 36.6 Å². The minimum absolute atomic E-state index is 0.0335. The predicted octanol–water partition coefficient (Wildman–Crippen LogP) is 4.05. The Morgan fingerprint density at radius 2 is 1.71 bits per heavy atom. The first-order valence-electron chi connectivity index (χ1n) is 18.2. The fourth-order valence-corrected chi connectivity index (χ4v) is 9.82. The lowest BCUT2D eigenvalue weighted by molar-refractivity contribution is -0.128. The van der Waals surface area contributed by atoms with Crippen LogP contribution in [0.4, 0.5) is 10.5 Å². The van der Waals surface area contributed by atoms with Crippen molar-refractivity contribution in [3.63, 3.8) is 0 Å². The van der Waals surface area contributed by atoms with Crippen LogP contribution in [0.2, 0.25) is 0 Å². The second-order valence-electron chi connectivity index (χ2n) is 14.5. The SMILES string of the molecule is Cc1nc(CN2CCN([C@H](C(=O)N[C@@H](Cc3ccccc3)[C@@H](O)CN(CC(C)C)S(=O)(=O)c3ccc(O)c(NS(=O)(=O)c4cccnc4)c3)C(C)C)C2=O)cs1. The van der Waals surface area contributed by atoms with E-state index in [0.717, 1.165) is 45.0 Å². The van der Waals surface area contributed by atoms with E-state index in [4.69, 9.17) is 0 Å². The Morgan fingerprint density at radius 1 is 0.982 bits per heavy atom. The molecular formula is C38H49N7O8S3. The van der Waals surface area contributed by atoms with Gasteiger partial charge in [0.15, 0.2) is 0 Å². The van der Waals surface area contributed by atoms with E-state index in [1.165, 1.54) is 34.6 Å². The number of thiazole rings is 1. The van der Waals surface area contributed by atoms with Gasteiger partial charge >= 0.3 is 6.03 Å². The van der Waals surface area contributed by atoms with Gasteiger partial charge in [0.1, 0.15) is 16.7 Å². The summed E-state index contributed by atoms with van der Waals surface area (Å²) in [6.45, 7) is 9.76. The molecule has 1 saturated heterocycles. The van der Waals surface area contributed by atoms with Gasteiger partial charge in [-0.2, -0.15) is 4.31 Å². The summed E-state index contributed by atoms with van der Waals surface area (Å²) in [5.74, 6) is -1.49. The third kappa shape index (κ3) is 10.4. The van der Waals surface area contributed by atoms with Crippen molar-refractivity contribution in [1.29, 1.82) is 0 Å². The number of aromatic nitrogens is 2. The summed E-state index contributed by atoms with van der Waals surface area (Å²) in [6, 6.07) is 12.9. The molecular weight excluding hydrogens is 779 g/mol. The van der Waals surface area contributed by atoms with Crippen molar-refractivity contribution in [2.75, 3.05) is 30.9 Å². The molecule has 2 aromatic heterocycles. The number of carbonyl (C=O) groups is 2. The second kappa shape index (κ2) is 18.1. The van der Waals surface area contributed by atoms with Crippen molar-refractivity contribution in [2.24, 2.45) is 11.8 Å². The van der Waals surface area contributed by atoms with Crippen LogP contribution in [0.5, 0.6) is 5.75 Å². The first-order valence-corrected chi connectivity index (χ1v) is 22.0. The van der Waals surface area contributed by atoms with Gasteiger partial charge in [0.2, 0.25) is 15.9 Å². The van der Waals surface area contributed by atoms with Gasteiger partial charge in [0.05, 0.1) is 40.0 Å². The van der Waals surface area contributed by atoms with E-state index < -0.39 is 56.4 Å². The molecule has 3 amide bonds. The van der Waals surface area contributed by atoms with E-state index in [1.807, 2.05) is 70.3 Å². The molecule has 0 aliphatic carbocycles. The van der Waals surface area contributed by atoms with Crippen molar-refractivity contribution in [3.8, 4) is 5.75 Å². The minimum atomic E-state index is -4.43. The fraction of sp³-hybridized carbons (Fsp3) is 0.421. The van der Waals surface area contributed by atoms with Gasteiger partial charge in [-0.25, -0.2) is 26.6 Å². The maximum Gasteiger partial charge on any atom is 0.321 e. The molecule has 302 valence electrons. The first kappa shape index (κ1) is 42.5. The molecule has 1 fully saturated rings. The lowest BCUT2D eigenvalue weighted by atomic mass is 9.97. The van der Waals surface area contributed by atoms with Crippen molar-refractivity contribution in [2.45, 2.75) is 75.6 Å². The molecule has 1 aliphatic rings. The maximum absolute atomic E-state index is 14.3. The van der Waals surface area contributed by atoms with Crippen LogP contribution in [0.1, 0.15) is 44.0 Å². The molecule has 0 unspecified atom stereocenters. The highest BCUT2D eigenvalue weighted by Gasteiger charge is 2.41. The summed E-state index contributed by atoms with van der Waals surface area (Å²) in [6.07, 6.45) is 1.23. The van der Waals surface area contributed by atoms with Gasteiger partial charge in [0.25, 0.3) is 10.0 Å². The standard InChI is InChI=1S/C38H49N7O8S3/c1-25(2)21-44(56(52,53)30-13-14-34(46)33(19-30)42-55(50,51)31-12-9-15-39-20-31)23-35(47)32(18-28-10-7-6-8-11-28)41-37(48)36(26(3)4)45-17-16-43(38(45)49)22-29-24-54-27(5)40-29/h6-15,19-20,24-26,32,35-36,42,46-47H,16-18,21-23H2,1-5H3,(H,41,48)/t32-,35-,36-/m0/s1. The van der Waals surface area contributed by atoms with Crippen LogP contribution >= 0.6 is 11.3 Å². The van der Waals surface area contributed by atoms with Crippen LogP contribution in [-0.2, 0) is 37.8 Å². The number of amides is 3. The number of sulfonamides is 2. The van der Waals surface area contributed by atoms with E-state index in [-0.39, 0.29) is 46.3 Å². The number of aryl methyl sites for hydroxylation is 1. The fourth-order valence-electron chi connectivity index (χ4n) is 6.54. The Labute approximate surface area is 332 Å². The van der Waals surface area contributed by atoms with E-state index in [1.54, 1.807) is 4.90 Å². The molecule has 1 aliphatic heterocycles. The molecule has 3 atom stereocenters. The molecule has 0 radical (unpaired) electrons. The summed E-state index contributed by atoms with van der Waals surface area (Å²) >= 11 is 1.50. The summed E-state index contributed by atoms with van der Waals surface area (Å²) < 4.78 is 57.9. The number of aliphatic hydroxyl groups excluding tert-OH is 1. The number of hydrogen-bond acceptors (Lipinski definition) is 11. The zero-order chi connectivity index (χ0) is 40.8. The van der Waals surface area contributed by atoms with Crippen molar-refractivity contribution in [1.82, 2.24) is 29.4 Å².